The summed E-state index contributed by atoms with van der Waals surface area (Å²) in [6.45, 7) is 7.99. The van der Waals surface area contributed by atoms with Gasteiger partial charge in [-0.1, -0.05) is 0 Å². The summed E-state index contributed by atoms with van der Waals surface area (Å²) in [5.74, 6) is 0.160. The molecule has 9 nitrogen and oxygen atoms in total. The Morgan fingerprint density at radius 3 is 2.72 bits per heavy atom. The van der Waals surface area contributed by atoms with Gasteiger partial charge < -0.3 is 24.7 Å². The maximum atomic E-state index is 12.7. The van der Waals surface area contributed by atoms with Crippen LogP contribution in [0.1, 0.15) is 49.8 Å². The average molecular weight is 442 g/mol. The molecule has 1 aliphatic rings. The summed E-state index contributed by atoms with van der Waals surface area (Å²) >= 11 is 0. The van der Waals surface area contributed by atoms with Crippen LogP contribution in [0.2, 0.25) is 0 Å². The second kappa shape index (κ2) is 8.55. The van der Waals surface area contributed by atoms with Crippen molar-refractivity contribution in [2.45, 2.75) is 45.8 Å². The van der Waals surface area contributed by atoms with Gasteiger partial charge in [0.05, 0.1) is 11.4 Å². The predicted molar refractivity (Wildman–Crippen MR) is 122 cm³/mol. The lowest BCUT2D eigenvalue weighted by Gasteiger charge is -2.25. The second-order valence-electron chi connectivity index (χ2n) is 9.00. The van der Waals surface area contributed by atoms with Gasteiger partial charge in [0.1, 0.15) is 16.8 Å². The molecule has 1 amide bonds. The lowest BCUT2D eigenvalue weighted by atomic mass is 9.99. The van der Waals surface area contributed by atoms with Crippen molar-refractivity contribution >= 4 is 16.8 Å². The summed E-state index contributed by atoms with van der Waals surface area (Å²) in [5, 5.41) is 19.0. The van der Waals surface area contributed by atoms with E-state index in [0.29, 0.717) is 47.0 Å². The van der Waals surface area contributed by atoms with E-state index in [1.54, 1.807) is 33.2 Å². The van der Waals surface area contributed by atoms with E-state index >= 15 is 0 Å². The zero-order chi connectivity index (χ0) is 23.0. The summed E-state index contributed by atoms with van der Waals surface area (Å²) in [5.41, 5.74) is 1.47. The number of H-pyrrole nitrogens is 1. The van der Waals surface area contributed by atoms with Crippen molar-refractivity contribution in [1.82, 2.24) is 24.6 Å². The van der Waals surface area contributed by atoms with Crippen LogP contribution in [0.25, 0.3) is 22.2 Å². The Balaban J connectivity index is 1.83. The van der Waals surface area contributed by atoms with E-state index in [9.17, 15) is 14.7 Å². The average Bonchev–Trinajstić information content (AvgIpc) is 3.37. The van der Waals surface area contributed by atoms with E-state index in [0.717, 1.165) is 31.6 Å². The van der Waals surface area contributed by atoms with Crippen LogP contribution < -0.4 is 10.9 Å². The van der Waals surface area contributed by atoms with Crippen molar-refractivity contribution in [3.8, 4) is 11.3 Å². The molecule has 0 atom stereocenters. The number of nitrogens with one attached hydrogen (secondary N) is 2. The predicted octanol–water partition coefficient (Wildman–Crippen LogP) is 2.13. The summed E-state index contributed by atoms with van der Waals surface area (Å²) in [4.78, 5) is 28.1. The first kappa shape index (κ1) is 22.3. The molecule has 1 saturated heterocycles. The largest absolute Gasteiger partial charge is 0.384 e. The molecule has 4 rings (SSSR count). The smallest absolute Gasteiger partial charge is 0.274 e. The third-order valence-corrected chi connectivity index (χ3v) is 6.00. The van der Waals surface area contributed by atoms with Crippen molar-refractivity contribution in [3.63, 3.8) is 0 Å². The fraction of sp³-hybridized carbons (Fsp3) is 0.522. The minimum absolute atomic E-state index is 0.219. The maximum absolute atomic E-state index is 12.7. The molecule has 9 heteroatoms. The van der Waals surface area contributed by atoms with Crippen LogP contribution in [-0.2, 0) is 23.9 Å². The van der Waals surface area contributed by atoms with Crippen LogP contribution >= 0.6 is 0 Å². The number of amides is 1. The summed E-state index contributed by atoms with van der Waals surface area (Å²) in [7, 11) is 1.67. The van der Waals surface area contributed by atoms with Gasteiger partial charge in [0.2, 0.25) is 0 Å². The maximum Gasteiger partial charge on any atom is 0.274 e. The lowest BCUT2D eigenvalue weighted by Crippen LogP contribution is -2.26. The molecule has 1 fully saturated rings. The monoisotopic (exact) mass is 441 g/mol. The van der Waals surface area contributed by atoms with Crippen LogP contribution in [-0.4, -0.2) is 50.1 Å². The molecule has 1 aliphatic heterocycles. The number of aryl methyl sites for hydroxylation is 1. The van der Waals surface area contributed by atoms with Crippen molar-refractivity contribution < 1.29 is 14.6 Å². The first-order valence-electron chi connectivity index (χ1n) is 11.1. The van der Waals surface area contributed by atoms with Crippen molar-refractivity contribution in [2.24, 2.45) is 13.0 Å². The number of pyridine rings is 1. The summed E-state index contributed by atoms with van der Waals surface area (Å²) in [6.07, 6.45) is 3.64. The van der Waals surface area contributed by atoms with Crippen LogP contribution in [0.15, 0.2) is 23.1 Å². The molecule has 32 heavy (non-hydrogen) atoms. The Hall–Kier alpha value is -2.91. The fourth-order valence-corrected chi connectivity index (χ4v) is 4.27. The molecule has 0 unspecified atom stereocenters. The van der Waals surface area contributed by atoms with Gasteiger partial charge in [-0.25, -0.2) is 0 Å². The molecule has 3 aromatic rings. The van der Waals surface area contributed by atoms with E-state index in [1.807, 2.05) is 17.7 Å². The molecule has 4 heterocycles. The minimum Gasteiger partial charge on any atom is -0.384 e. The number of aromatic amines is 1. The molecule has 3 aromatic heterocycles. The highest BCUT2D eigenvalue weighted by molar-refractivity contribution is 6.02. The molecule has 172 valence electrons. The number of carbonyl (C=O) groups is 1. The van der Waals surface area contributed by atoms with Crippen LogP contribution in [0.5, 0.6) is 0 Å². The molecular formula is C23H31N5O4. The van der Waals surface area contributed by atoms with Gasteiger partial charge in [0.15, 0.2) is 0 Å². The highest BCUT2D eigenvalue weighted by atomic mass is 16.5. The van der Waals surface area contributed by atoms with E-state index < -0.39 is 5.60 Å². The second-order valence-corrected chi connectivity index (χ2v) is 9.00. The Bertz CT molecular complexity index is 1190. The van der Waals surface area contributed by atoms with E-state index in [2.05, 4.69) is 10.3 Å². The first-order chi connectivity index (χ1) is 15.2. The number of hydrogen-bond donors (Lipinski definition) is 3. The van der Waals surface area contributed by atoms with Crippen LogP contribution in [0.3, 0.4) is 0 Å². The van der Waals surface area contributed by atoms with E-state index in [4.69, 9.17) is 9.84 Å². The number of nitrogens with zero attached hydrogens (tertiary/aromatic N) is 3. The van der Waals surface area contributed by atoms with Gasteiger partial charge in [-0.15, -0.1) is 0 Å². The SMILES string of the molecule is CCNC(=O)c1cc2c(-c3cc(C(C)(C)O)n(CC4CCOCC4)n3)cn(C)c(=O)c2[nH]1. The minimum atomic E-state index is -1.08. The number of aromatic nitrogens is 4. The number of ether oxygens (including phenoxy) is 1. The Labute approximate surface area is 186 Å². The third kappa shape index (κ3) is 4.22. The Kier molecular flexibility index (Phi) is 5.96. The standard InChI is InChI=1S/C23H31N5O4/c1-5-24-21(29)18-10-15-16(13-27(4)22(30)20(15)25-18)17-11-19(23(2,3)31)28(26-17)12-14-6-8-32-9-7-14/h10-11,13-14,25,31H,5-9,12H2,1-4H3,(H,24,29). The molecule has 0 aromatic carbocycles. The lowest BCUT2D eigenvalue weighted by molar-refractivity contribution is 0.0504. The molecule has 0 saturated carbocycles. The van der Waals surface area contributed by atoms with Gasteiger partial charge in [0.25, 0.3) is 11.5 Å². The number of aliphatic hydroxyl groups is 1. The third-order valence-electron chi connectivity index (χ3n) is 6.00. The fourth-order valence-electron chi connectivity index (χ4n) is 4.27. The highest BCUT2D eigenvalue weighted by Gasteiger charge is 2.27. The molecule has 0 bridgehead atoms. The van der Waals surface area contributed by atoms with E-state index in [1.165, 1.54) is 4.57 Å². The topological polar surface area (TPSA) is 114 Å². The zero-order valence-electron chi connectivity index (χ0n) is 19.1. The van der Waals surface area contributed by atoms with Crippen LogP contribution in [0.4, 0.5) is 0 Å². The van der Waals surface area contributed by atoms with E-state index in [-0.39, 0.29) is 11.5 Å². The number of hydrogen-bond acceptors (Lipinski definition) is 5. The van der Waals surface area contributed by atoms with Crippen molar-refractivity contribution in [2.75, 3.05) is 19.8 Å². The van der Waals surface area contributed by atoms with Gasteiger partial charge in [-0.2, -0.15) is 5.10 Å². The molecule has 0 aliphatic carbocycles. The van der Waals surface area contributed by atoms with Gasteiger partial charge in [-0.3, -0.25) is 14.3 Å². The van der Waals surface area contributed by atoms with Gasteiger partial charge in [0, 0.05) is 50.5 Å². The first-order valence-corrected chi connectivity index (χ1v) is 11.1. The zero-order valence-corrected chi connectivity index (χ0v) is 19.1. The molecule has 3 N–H and O–H groups in total. The van der Waals surface area contributed by atoms with Gasteiger partial charge in [-0.05, 0) is 51.7 Å². The Morgan fingerprint density at radius 1 is 1.34 bits per heavy atom. The van der Waals surface area contributed by atoms with Crippen molar-refractivity contribution in [1.29, 1.82) is 0 Å². The number of carbonyl (C=O) groups excluding carboxylic acids is 1. The number of rotatable bonds is 6. The number of fused-ring (bicyclic) bond motifs is 1. The highest BCUT2D eigenvalue weighted by Crippen LogP contribution is 2.31. The van der Waals surface area contributed by atoms with Gasteiger partial charge >= 0.3 is 0 Å². The van der Waals surface area contributed by atoms with Crippen LogP contribution in [0, 0.1) is 5.92 Å². The summed E-state index contributed by atoms with van der Waals surface area (Å²) in [6, 6.07) is 3.57. The molecular weight excluding hydrogens is 410 g/mol. The molecule has 0 spiro atoms. The van der Waals surface area contributed by atoms with Crippen molar-refractivity contribution in [3.05, 3.63) is 40.1 Å². The molecule has 0 radical (unpaired) electrons. The Morgan fingerprint density at radius 2 is 2.06 bits per heavy atom. The summed E-state index contributed by atoms with van der Waals surface area (Å²) < 4.78 is 8.83. The normalized spacial score (nSPS) is 15.4. The quantitative estimate of drug-likeness (QED) is 0.542.